The number of methoxy groups -OCH3 is 1. The number of nitrogens with one attached hydrogen (secondary N) is 1. The number of carbonyl (C=O) groups is 2. The predicted octanol–water partition coefficient (Wildman–Crippen LogP) is 3.38. The zero-order valence-corrected chi connectivity index (χ0v) is 14.1. The lowest BCUT2D eigenvalue weighted by Crippen LogP contribution is -2.21. The fourth-order valence-electron chi connectivity index (χ4n) is 1.83. The van der Waals surface area contributed by atoms with Crippen LogP contribution in [0.1, 0.15) is 10.4 Å². The van der Waals surface area contributed by atoms with Gasteiger partial charge in [-0.3, -0.25) is 4.79 Å². The van der Waals surface area contributed by atoms with Gasteiger partial charge in [0.1, 0.15) is 5.75 Å². The van der Waals surface area contributed by atoms with Gasteiger partial charge in [-0.15, -0.1) is 0 Å². The van der Waals surface area contributed by atoms with Gasteiger partial charge in [-0.1, -0.05) is 23.2 Å². The summed E-state index contributed by atoms with van der Waals surface area (Å²) in [5.41, 5.74) is 6.53. The van der Waals surface area contributed by atoms with Crippen LogP contribution in [0.3, 0.4) is 0 Å². The Morgan fingerprint density at radius 3 is 2.50 bits per heavy atom. The fraction of sp³-hybridized carbons (Fsp3) is 0.125. The summed E-state index contributed by atoms with van der Waals surface area (Å²) in [6.45, 7) is -0.453. The van der Waals surface area contributed by atoms with E-state index in [1.54, 1.807) is 12.1 Å². The summed E-state index contributed by atoms with van der Waals surface area (Å²) in [6, 6.07) is 9.08. The number of esters is 1. The topological polar surface area (TPSA) is 90.6 Å². The number of hydrogen-bond acceptors (Lipinski definition) is 5. The number of benzene rings is 2. The van der Waals surface area contributed by atoms with Crippen molar-refractivity contribution in [2.45, 2.75) is 0 Å². The number of amides is 1. The minimum Gasteiger partial charge on any atom is -0.495 e. The smallest absolute Gasteiger partial charge is 0.338 e. The van der Waals surface area contributed by atoms with Crippen LogP contribution in [-0.4, -0.2) is 25.6 Å². The first-order valence-corrected chi connectivity index (χ1v) is 7.52. The third-order valence-electron chi connectivity index (χ3n) is 3.00. The molecular weight excluding hydrogens is 355 g/mol. The van der Waals surface area contributed by atoms with E-state index in [9.17, 15) is 9.59 Å². The van der Waals surface area contributed by atoms with Gasteiger partial charge in [0.15, 0.2) is 6.61 Å². The Morgan fingerprint density at radius 1 is 1.12 bits per heavy atom. The van der Waals surface area contributed by atoms with E-state index in [-0.39, 0.29) is 11.3 Å². The fourth-order valence-corrected chi connectivity index (χ4v) is 2.20. The summed E-state index contributed by atoms with van der Waals surface area (Å²) in [5, 5.41) is 3.24. The summed E-state index contributed by atoms with van der Waals surface area (Å²) in [5.74, 6) is -0.700. The molecule has 0 unspecified atom stereocenters. The summed E-state index contributed by atoms with van der Waals surface area (Å²) in [4.78, 5) is 23.7. The standard InChI is InChI=1S/C16H14Cl2N2O4/c1-23-14-5-3-10(7-12(14)18)20-15(21)8-24-16(22)9-2-4-11(17)13(19)6-9/h2-7H,8,19H2,1H3,(H,20,21). The molecule has 2 rings (SSSR count). The summed E-state index contributed by atoms with van der Waals surface area (Å²) in [7, 11) is 1.49. The Hall–Kier alpha value is -2.44. The number of nitrogen functional groups attached to an aromatic ring is 1. The molecule has 0 bridgehead atoms. The summed E-state index contributed by atoms with van der Waals surface area (Å²) < 4.78 is 9.94. The average molecular weight is 369 g/mol. The minimum absolute atomic E-state index is 0.206. The molecule has 8 heteroatoms. The highest BCUT2D eigenvalue weighted by atomic mass is 35.5. The van der Waals surface area contributed by atoms with Crippen LogP contribution < -0.4 is 15.8 Å². The van der Waals surface area contributed by atoms with Gasteiger partial charge in [-0.25, -0.2) is 4.79 Å². The number of nitrogens with two attached hydrogens (primary N) is 1. The number of ether oxygens (including phenoxy) is 2. The van der Waals surface area contributed by atoms with Crippen LogP contribution in [0.15, 0.2) is 36.4 Å². The van der Waals surface area contributed by atoms with Crippen LogP contribution in [0.2, 0.25) is 10.0 Å². The van der Waals surface area contributed by atoms with E-state index in [0.717, 1.165) is 0 Å². The van der Waals surface area contributed by atoms with E-state index in [2.05, 4.69) is 5.32 Å². The molecule has 126 valence electrons. The maximum Gasteiger partial charge on any atom is 0.338 e. The lowest BCUT2D eigenvalue weighted by atomic mass is 10.2. The van der Waals surface area contributed by atoms with Gasteiger partial charge in [0.2, 0.25) is 0 Å². The first-order chi connectivity index (χ1) is 11.4. The molecule has 1 amide bonds. The molecule has 6 nitrogen and oxygen atoms in total. The highest BCUT2D eigenvalue weighted by Crippen LogP contribution is 2.27. The molecule has 0 aliphatic carbocycles. The van der Waals surface area contributed by atoms with Gasteiger partial charge in [-0.05, 0) is 36.4 Å². The van der Waals surface area contributed by atoms with Crippen LogP contribution in [-0.2, 0) is 9.53 Å². The van der Waals surface area contributed by atoms with Crippen molar-refractivity contribution in [3.8, 4) is 5.75 Å². The third-order valence-corrected chi connectivity index (χ3v) is 3.64. The Bertz CT molecular complexity index is 781. The molecule has 0 aliphatic heterocycles. The van der Waals surface area contributed by atoms with Gasteiger partial charge in [0.25, 0.3) is 5.91 Å². The zero-order chi connectivity index (χ0) is 17.7. The van der Waals surface area contributed by atoms with Crippen LogP contribution >= 0.6 is 23.2 Å². The van der Waals surface area contributed by atoms with Crippen molar-refractivity contribution < 1.29 is 19.1 Å². The monoisotopic (exact) mass is 368 g/mol. The van der Waals surface area contributed by atoms with E-state index in [1.807, 2.05) is 0 Å². The second-order valence-corrected chi connectivity index (χ2v) is 5.52. The van der Waals surface area contributed by atoms with E-state index in [0.29, 0.717) is 21.5 Å². The number of hydrogen-bond donors (Lipinski definition) is 2. The first-order valence-electron chi connectivity index (χ1n) is 6.76. The first kappa shape index (κ1) is 17.9. The maximum absolute atomic E-state index is 11.9. The zero-order valence-electron chi connectivity index (χ0n) is 12.6. The van der Waals surface area contributed by atoms with Crippen molar-refractivity contribution in [2.24, 2.45) is 0 Å². The van der Waals surface area contributed by atoms with Crippen molar-refractivity contribution >= 4 is 46.5 Å². The molecule has 0 aliphatic rings. The van der Waals surface area contributed by atoms with Crippen LogP contribution in [0, 0.1) is 0 Å². The van der Waals surface area contributed by atoms with E-state index >= 15 is 0 Å². The Labute approximate surface area is 148 Å². The van der Waals surface area contributed by atoms with E-state index in [4.69, 9.17) is 38.4 Å². The van der Waals surface area contributed by atoms with Gasteiger partial charge in [0.05, 0.1) is 28.4 Å². The van der Waals surface area contributed by atoms with Crippen LogP contribution in [0.5, 0.6) is 5.75 Å². The summed E-state index contributed by atoms with van der Waals surface area (Å²) in [6.07, 6.45) is 0. The van der Waals surface area contributed by atoms with Crippen molar-refractivity contribution in [1.29, 1.82) is 0 Å². The average Bonchev–Trinajstić information content (AvgIpc) is 2.55. The Kier molecular flexibility index (Phi) is 5.89. The predicted molar refractivity (Wildman–Crippen MR) is 92.8 cm³/mol. The molecule has 0 heterocycles. The second-order valence-electron chi connectivity index (χ2n) is 4.71. The molecule has 0 saturated carbocycles. The lowest BCUT2D eigenvalue weighted by molar-refractivity contribution is -0.119. The van der Waals surface area contributed by atoms with Crippen LogP contribution in [0.25, 0.3) is 0 Å². The number of halogens is 2. The summed E-state index contributed by atoms with van der Waals surface area (Å²) >= 11 is 11.7. The molecule has 0 fully saturated rings. The molecule has 0 atom stereocenters. The molecule has 0 aromatic heterocycles. The largest absolute Gasteiger partial charge is 0.495 e. The highest BCUT2D eigenvalue weighted by Gasteiger charge is 2.12. The normalized spacial score (nSPS) is 10.1. The SMILES string of the molecule is COc1ccc(NC(=O)COC(=O)c2ccc(Cl)c(N)c2)cc1Cl. The van der Waals surface area contributed by atoms with Gasteiger partial charge in [0, 0.05) is 5.69 Å². The third kappa shape index (κ3) is 4.53. The molecule has 24 heavy (non-hydrogen) atoms. The Balaban J connectivity index is 1.91. The van der Waals surface area contributed by atoms with Crippen molar-refractivity contribution in [3.05, 3.63) is 52.0 Å². The van der Waals surface area contributed by atoms with Gasteiger partial charge < -0.3 is 20.5 Å². The van der Waals surface area contributed by atoms with Crippen molar-refractivity contribution in [3.63, 3.8) is 0 Å². The molecule has 0 saturated heterocycles. The number of rotatable bonds is 5. The Morgan fingerprint density at radius 2 is 1.88 bits per heavy atom. The van der Waals surface area contributed by atoms with Gasteiger partial charge in [-0.2, -0.15) is 0 Å². The number of carbonyl (C=O) groups excluding carboxylic acids is 2. The van der Waals surface area contributed by atoms with Crippen molar-refractivity contribution in [1.82, 2.24) is 0 Å². The van der Waals surface area contributed by atoms with E-state index in [1.165, 1.54) is 31.4 Å². The molecule has 2 aromatic carbocycles. The molecule has 0 spiro atoms. The molecule has 2 aromatic rings. The quantitative estimate of drug-likeness (QED) is 0.623. The van der Waals surface area contributed by atoms with E-state index < -0.39 is 18.5 Å². The van der Waals surface area contributed by atoms with Crippen molar-refractivity contribution in [2.75, 3.05) is 24.8 Å². The molecular formula is C16H14Cl2N2O4. The number of anilines is 2. The second kappa shape index (κ2) is 7.90. The highest BCUT2D eigenvalue weighted by molar-refractivity contribution is 6.33. The molecule has 3 N–H and O–H groups in total. The molecule has 0 radical (unpaired) electrons. The lowest BCUT2D eigenvalue weighted by Gasteiger charge is -2.09. The maximum atomic E-state index is 11.9. The van der Waals surface area contributed by atoms with Gasteiger partial charge >= 0.3 is 5.97 Å². The minimum atomic E-state index is -0.679. The van der Waals surface area contributed by atoms with Crippen LogP contribution in [0.4, 0.5) is 11.4 Å².